The average molecular weight is 988 g/mol. The molecule has 0 rings (SSSR count). The van der Waals surface area contributed by atoms with Gasteiger partial charge in [-0.25, -0.2) is 0 Å². The molecule has 0 aromatic rings. The molecule has 0 fully saturated rings. The number of carbonyl (C=O) groups excluding carboxylic acids is 2. The molecule has 0 N–H and O–H groups in total. The van der Waals surface area contributed by atoms with Gasteiger partial charge in [-0.05, 0) is 44.9 Å². The van der Waals surface area contributed by atoms with Crippen molar-refractivity contribution in [2.24, 2.45) is 0 Å². The summed E-state index contributed by atoms with van der Waals surface area (Å²) in [6.45, 7) is 7.92. The summed E-state index contributed by atoms with van der Waals surface area (Å²) in [5.41, 5.74) is 0. The number of allylic oxidation sites excluding steroid dienone is 2. The van der Waals surface area contributed by atoms with Crippen LogP contribution in [0.15, 0.2) is 12.2 Å². The maximum absolute atomic E-state index is 12.9. The topological polar surface area (TPSA) is 61.8 Å². The lowest BCUT2D eigenvalue weighted by molar-refractivity contribution is -0.163. The van der Waals surface area contributed by atoms with E-state index in [-0.39, 0.29) is 18.5 Å². The molecule has 0 saturated carbocycles. The second-order valence-corrected chi connectivity index (χ2v) is 22.0. The van der Waals surface area contributed by atoms with Gasteiger partial charge in [0.25, 0.3) is 0 Å². The van der Waals surface area contributed by atoms with E-state index in [0.29, 0.717) is 26.1 Å². The summed E-state index contributed by atoms with van der Waals surface area (Å²) in [7, 11) is 0. The molecule has 5 heteroatoms. The lowest BCUT2D eigenvalue weighted by Gasteiger charge is -2.18. The predicted octanol–water partition coefficient (Wildman–Crippen LogP) is 22.1. The van der Waals surface area contributed by atoms with Crippen LogP contribution in [0, 0.1) is 0 Å². The molecular formula is C65H126O5. The second kappa shape index (κ2) is 61.9. The molecule has 0 heterocycles. The number of carbonyl (C=O) groups is 2. The molecule has 416 valence electrons. The van der Waals surface area contributed by atoms with Crippen LogP contribution in [0.1, 0.15) is 367 Å². The van der Waals surface area contributed by atoms with Crippen LogP contribution in [0.2, 0.25) is 0 Å². The summed E-state index contributed by atoms with van der Waals surface area (Å²) in [5.74, 6) is -0.366. The van der Waals surface area contributed by atoms with Crippen molar-refractivity contribution in [1.82, 2.24) is 0 Å². The highest BCUT2D eigenvalue weighted by molar-refractivity contribution is 5.70. The summed E-state index contributed by atoms with van der Waals surface area (Å²) < 4.78 is 17.6. The van der Waals surface area contributed by atoms with Gasteiger partial charge < -0.3 is 14.2 Å². The zero-order chi connectivity index (χ0) is 50.6. The molecule has 0 radical (unpaired) electrons. The van der Waals surface area contributed by atoms with Crippen LogP contribution in [-0.2, 0) is 23.8 Å². The minimum Gasteiger partial charge on any atom is -0.462 e. The molecule has 0 aromatic carbocycles. The van der Waals surface area contributed by atoms with Gasteiger partial charge >= 0.3 is 11.9 Å². The first-order valence-corrected chi connectivity index (χ1v) is 32.2. The highest BCUT2D eigenvalue weighted by Gasteiger charge is 2.18. The zero-order valence-corrected chi connectivity index (χ0v) is 48.1. The van der Waals surface area contributed by atoms with Crippen LogP contribution < -0.4 is 0 Å². The van der Waals surface area contributed by atoms with Gasteiger partial charge in [0.2, 0.25) is 0 Å². The zero-order valence-electron chi connectivity index (χ0n) is 48.1. The molecule has 0 aliphatic rings. The highest BCUT2D eigenvalue weighted by atomic mass is 16.6. The molecule has 0 aliphatic carbocycles. The van der Waals surface area contributed by atoms with Gasteiger partial charge in [0, 0.05) is 19.4 Å². The molecule has 0 aromatic heterocycles. The maximum atomic E-state index is 12.9. The molecule has 0 saturated heterocycles. The lowest BCUT2D eigenvalue weighted by Crippen LogP contribution is -2.30. The largest absolute Gasteiger partial charge is 0.462 e. The van der Waals surface area contributed by atoms with Crippen molar-refractivity contribution in [2.75, 3.05) is 19.8 Å². The van der Waals surface area contributed by atoms with E-state index in [1.807, 2.05) is 0 Å². The number of rotatable bonds is 61. The van der Waals surface area contributed by atoms with Crippen molar-refractivity contribution < 1.29 is 23.8 Å². The van der Waals surface area contributed by atoms with E-state index >= 15 is 0 Å². The summed E-state index contributed by atoms with van der Waals surface area (Å²) in [5, 5.41) is 0. The molecule has 0 spiro atoms. The third-order valence-corrected chi connectivity index (χ3v) is 14.8. The third-order valence-electron chi connectivity index (χ3n) is 14.8. The monoisotopic (exact) mass is 987 g/mol. The standard InChI is InChI=1S/C65H126O5/c1-4-7-10-13-16-19-22-25-28-31-33-35-37-40-43-46-49-52-55-58-64(66)69-62-63(61-68-60-57-54-51-48-45-42-39-36-32-29-26-23-20-17-14-11-8-5-2)70-65(67)59-56-53-50-47-44-41-38-34-30-27-24-21-18-15-12-9-6-3/h26,29,63H,4-25,27-28,30-62H2,1-3H3/b29-26-. The summed E-state index contributed by atoms with van der Waals surface area (Å²) in [6, 6.07) is 0. The van der Waals surface area contributed by atoms with Crippen molar-refractivity contribution in [1.29, 1.82) is 0 Å². The molecule has 0 amide bonds. The average Bonchev–Trinajstić information content (AvgIpc) is 3.36. The van der Waals surface area contributed by atoms with Crippen molar-refractivity contribution in [2.45, 2.75) is 374 Å². The SMILES string of the molecule is CCCCCCCC/C=C\CCCCCCCCCCOCC(COC(=O)CCCCCCCCCCCCCCCCCCCCC)OC(=O)CCCCCCCCCCCCCCCCCCC. The molecule has 1 unspecified atom stereocenters. The van der Waals surface area contributed by atoms with Gasteiger partial charge in [-0.15, -0.1) is 0 Å². The van der Waals surface area contributed by atoms with Crippen LogP contribution in [0.4, 0.5) is 0 Å². The van der Waals surface area contributed by atoms with E-state index < -0.39 is 6.10 Å². The Morgan fingerprint density at radius 2 is 0.557 bits per heavy atom. The molecule has 1 atom stereocenters. The van der Waals surface area contributed by atoms with E-state index in [9.17, 15) is 9.59 Å². The fourth-order valence-corrected chi connectivity index (χ4v) is 9.98. The Morgan fingerprint density at radius 1 is 0.300 bits per heavy atom. The first kappa shape index (κ1) is 68.6. The number of esters is 2. The summed E-state index contributed by atoms with van der Waals surface area (Å²) in [4.78, 5) is 25.6. The van der Waals surface area contributed by atoms with Crippen LogP contribution >= 0.6 is 0 Å². The van der Waals surface area contributed by atoms with E-state index in [0.717, 1.165) is 32.1 Å². The number of hydrogen-bond donors (Lipinski definition) is 0. The van der Waals surface area contributed by atoms with Crippen LogP contribution in [-0.4, -0.2) is 37.9 Å². The van der Waals surface area contributed by atoms with E-state index in [4.69, 9.17) is 14.2 Å². The number of hydrogen-bond acceptors (Lipinski definition) is 5. The van der Waals surface area contributed by atoms with Gasteiger partial charge in [0.15, 0.2) is 6.10 Å². The minimum absolute atomic E-state index is 0.0949. The Labute approximate surface area is 439 Å². The van der Waals surface area contributed by atoms with Gasteiger partial charge in [0.05, 0.1) is 6.61 Å². The fraction of sp³-hybridized carbons (Fsp3) is 0.938. The molecule has 0 bridgehead atoms. The summed E-state index contributed by atoms with van der Waals surface area (Å²) in [6.07, 6.45) is 73.9. The highest BCUT2D eigenvalue weighted by Crippen LogP contribution is 2.18. The normalized spacial score (nSPS) is 12.1. The molecule has 70 heavy (non-hydrogen) atoms. The fourth-order valence-electron chi connectivity index (χ4n) is 9.98. The van der Waals surface area contributed by atoms with Gasteiger partial charge in [0.1, 0.15) is 6.61 Å². The number of ether oxygens (including phenoxy) is 3. The van der Waals surface area contributed by atoms with Crippen molar-refractivity contribution >= 4 is 11.9 Å². The Bertz CT molecular complexity index is 1030. The van der Waals surface area contributed by atoms with Crippen LogP contribution in [0.25, 0.3) is 0 Å². The van der Waals surface area contributed by atoms with Crippen LogP contribution in [0.5, 0.6) is 0 Å². The first-order valence-electron chi connectivity index (χ1n) is 32.2. The minimum atomic E-state index is -0.530. The van der Waals surface area contributed by atoms with Crippen molar-refractivity contribution in [3.05, 3.63) is 12.2 Å². The van der Waals surface area contributed by atoms with Crippen molar-refractivity contribution in [3.63, 3.8) is 0 Å². The quantitative estimate of drug-likeness (QED) is 0.0345. The molecule has 5 nitrogen and oxygen atoms in total. The Kier molecular flexibility index (Phi) is 60.7. The Morgan fingerprint density at radius 3 is 0.871 bits per heavy atom. The number of unbranched alkanes of at least 4 members (excludes halogenated alkanes) is 48. The smallest absolute Gasteiger partial charge is 0.306 e. The Hall–Kier alpha value is -1.36. The maximum Gasteiger partial charge on any atom is 0.306 e. The predicted molar refractivity (Wildman–Crippen MR) is 307 cm³/mol. The molecular weight excluding hydrogens is 861 g/mol. The second-order valence-electron chi connectivity index (χ2n) is 22.0. The van der Waals surface area contributed by atoms with Gasteiger partial charge in [-0.1, -0.05) is 322 Å². The first-order chi connectivity index (χ1) is 34.6. The van der Waals surface area contributed by atoms with E-state index in [1.165, 1.54) is 302 Å². The lowest BCUT2D eigenvalue weighted by atomic mass is 10.0. The van der Waals surface area contributed by atoms with Crippen LogP contribution in [0.3, 0.4) is 0 Å². The Balaban J connectivity index is 4.20. The molecule has 0 aliphatic heterocycles. The van der Waals surface area contributed by atoms with E-state index in [1.54, 1.807) is 0 Å². The third kappa shape index (κ3) is 59.2. The van der Waals surface area contributed by atoms with Gasteiger partial charge in [-0.2, -0.15) is 0 Å². The van der Waals surface area contributed by atoms with E-state index in [2.05, 4.69) is 32.9 Å². The van der Waals surface area contributed by atoms with Crippen molar-refractivity contribution in [3.8, 4) is 0 Å². The van der Waals surface area contributed by atoms with Gasteiger partial charge in [-0.3, -0.25) is 9.59 Å². The summed E-state index contributed by atoms with van der Waals surface area (Å²) >= 11 is 0.